The number of carbonyl (C=O) groups excluding carboxylic acids is 1. The van der Waals surface area contributed by atoms with E-state index in [4.69, 9.17) is 9.47 Å². The van der Waals surface area contributed by atoms with E-state index in [0.717, 1.165) is 12.1 Å². The van der Waals surface area contributed by atoms with Gasteiger partial charge in [0.1, 0.15) is 6.10 Å². The van der Waals surface area contributed by atoms with Gasteiger partial charge in [-0.25, -0.2) is 9.37 Å². The van der Waals surface area contributed by atoms with Crippen LogP contribution in [-0.2, 0) is 16.6 Å². The number of nitrogens with zero attached hydrogens (tertiary/aromatic N) is 2. The lowest BCUT2D eigenvalue weighted by atomic mass is 10.0. The summed E-state index contributed by atoms with van der Waals surface area (Å²) in [7, 11) is 1.91. The van der Waals surface area contributed by atoms with E-state index in [2.05, 4.69) is 10.3 Å². The van der Waals surface area contributed by atoms with Gasteiger partial charge in [0, 0.05) is 19.7 Å². The number of imidazole rings is 1. The molecule has 24 heavy (non-hydrogen) atoms. The monoisotopic (exact) mass is 333 g/mol. The summed E-state index contributed by atoms with van der Waals surface area (Å²) in [4.78, 5) is 16.1. The second-order valence-corrected chi connectivity index (χ2v) is 5.80. The van der Waals surface area contributed by atoms with E-state index < -0.39 is 5.82 Å². The van der Waals surface area contributed by atoms with Crippen LogP contribution in [0, 0.1) is 5.82 Å². The van der Waals surface area contributed by atoms with Gasteiger partial charge in [-0.2, -0.15) is 0 Å². The molecule has 1 amide bonds. The quantitative estimate of drug-likeness (QED) is 0.909. The standard InChI is InChI=1S/C17H20FN3O3/c1-21-11-19-9-14(21)16-8-12(6-7-23-16)20-17(22)10-24-15-5-3-2-4-13(15)18/h2-5,9,11-12,16H,6-8,10H2,1H3,(H,20,22)/t12-,16+/m1/s1. The molecule has 1 fully saturated rings. The second-order valence-electron chi connectivity index (χ2n) is 5.80. The molecular formula is C17H20FN3O3. The number of aromatic nitrogens is 2. The second kappa shape index (κ2) is 7.44. The van der Waals surface area contributed by atoms with E-state index >= 15 is 0 Å². The Morgan fingerprint density at radius 3 is 3.08 bits per heavy atom. The zero-order chi connectivity index (χ0) is 16.9. The molecular weight excluding hydrogens is 313 g/mol. The summed E-state index contributed by atoms with van der Waals surface area (Å²) in [5.74, 6) is -0.672. The molecule has 0 bridgehead atoms. The van der Waals surface area contributed by atoms with Crippen LogP contribution in [0.3, 0.4) is 0 Å². The van der Waals surface area contributed by atoms with Gasteiger partial charge in [0.25, 0.3) is 5.91 Å². The van der Waals surface area contributed by atoms with Gasteiger partial charge < -0.3 is 19.4 Å². The number of benzene rings is 1. The van der Waals surface area contributed by atoms with Gasteiger partial charge >= 0.3 is 0 Å². The average Bonchev–Trinajstić information content (AvgIpc) is 3.00. The number of amides is 1. The molecule has 0 unspecified atom stereocenters. The number of hydrogen-bond donors (Lipinski definition) is 1. The van der Waals surface area contributed by atoms with Gasteiger partial charge in [-0.1, -0.05) is 12.1 Å². The molecule has 2 heterocycles. The lowest BCUT2D eigenvalue weighted by Crippen LogP contribution is -2.42. The van der Waals surface area contributed by atoms with Crippen molar-refractivity contribution in [3.63, 3.8) is 0 Å². The normalized spacial score (nSPS) is 20.6. The van der Waals surface area contributed by atoms with Crippen LogP contribution in [0.15, 0.2) is 36.8 Å². The highest BCUT2D eigenvalue weighted by atomic mass is 19.1. The van der Waals surface area contributed by atoms with E-state index in [1.807, 2.05) is 11.6 Å². The van der Waals surface area contributed by atoms with Crippen molar-refractivity contribution in [2.75, 3.05) is 13.2 Å². The fourth-order valence-corrected chi connectivity index (χ4v) is 2.79. The molecule has 1 N–H and O–H groups in total. The predicted octanol–water partition coefficient (Wildman–Crippen LogP) is 1.97. The SMILES string of the molecule is Cn1cncc1[C@@H]1C[C@H](NC(=O)COc2ccccc2F)CCO1. The summed E-state index contributed by atoms with van der Waals surface area (Å²) in [6.45, 7) is 0.351. The molecule has 0 saturated carbocycles. The van der Waals surface area contributed by atoms with E-state index in [1.54, 1.807) is 24.7 Å². The fourth-order valence-electron chi connectivity index (χ4n) is 2.79. The van der Waals surface area contributed by atoms with Gasteiger partial charge in [0.05, 0.1) is 18.2 Å². The van der Waals surface area contributed by atoms with Gasteiger partial charge in [0.15, 0.2) is 18.2 Å². The number of para-hydroxylation sites is 1. The summed E-state index contributed by atoms with van der Waals surface area (Å²) in [6, 6.07) is 6.02. The van der Waals surface area contributed by atoms with Crippen molar-refractivity contribution in [1.29, 1.82) is 0 Å². The third-order valence-electron chi connectivity index (χ3n) is 4.03. The highest BCUT2D eigenvalue weighted by Crippen LogP contribution is 2.27. The number of aryl methyl sites for hydroxylation is 1. The van der Waals surface area contributed by atoms with E-state index in [1.165, 1.54) is 12.1 Å². The smallest absolute Gasteiger partial charge is 0.258 e. The Balaban J connectivity index is 1.51. The van der Waals surface area contributed by atoms with Crippen LogP contribution in [-0.4, -0.2) is 34.7 Å². The van der Waals surface area contributed by atoms with Crippen LogP contribution in [0.5, 0.6) is 5.75 Å². The Bertz CT molecular complexity index is 704. The third-order valence-corrected chi connectivity index (χ3v) is 4.03. The molecule has 1 saturated heterocycles. The highest BCUT2D eigenvalue weighted by Gasteiger charge is 2.26. The summed E-state index contributed by atoms with van der Waals surface area (Å²) in [5, 5.41) is 2.92. The maximum atomic E-state index is 13.5. The van der Waals surface area contributed by atoms with Crippen molar-refractivity contribution >= 4 is 5.91 Å². The summed E-state index contributed by atoms with van der Waals surface area (Å²) < 4.78 is 26.4. The molecule has 1 aromatic heterocycles. The van der Waals surface area contributed by atoms with Crippen LogP contribution in [0.4, 0.5) is 4.39 Å². The third kappa shape index (κ3) is 3.91. The molecule has 1 aromatic carbocycles. The van der Waals surface area contributed by atoms with Gasteiger partial charge in [-0.05, 0) is 25.0 Å². The number of carbonyl (C=O) groups is 1. The van der Waals surface area contributed by atoms with Crippen molar-refractivity contribution < 1.29 is 18.7 Å². The average molecular weight is 333 g/mol. The van der Waals surface area contributed by atoms with Crippen molar-refractivity contribution in [2.24, 2.45) is 7.05 Å². The van der Waals surface area contributed by atoms with Crippen LogP contribution < -0.4 is 10.1 Å². The molecule has 3 rings (SSSR count). The predicted molar refractivity (Wildman–Crippen MR) is 85.0 cm³/mol. The zero-order valence-corrected chi connectivity index (χ0v) is 13.4. The minimum Gasteiger partial charge on any atom is -0.481 e. The zero-order valence-electron chi connectivity index (χ0n) is 13.4. The van der Waals surface area contributed by atoms with Crippen LogP contribution >= 0.6 is 0 Å². The molecule has 2 atom stereocenters. The van der Waals surface area contributed by atoms with Crippen molar-refractivity contribution in [3.8, 4) is 5.75 Å². The Hall–Kier alpha value is -2.41. The van der Waals surface area contributed by atoms with E-state index in [-0.39, 0.29) is 30.4 Å². The first kappa shape index (κ1) is 16.4. The van der Waals surface area contributed by atoms with Gasteiger partial charge in [-0.3, -0.25) is 4.79 Å². The molecule has 7 heteroatoms. The Morgan fingerprint density at radius 1 is 1.50 bits per heavy atom. The molecule has 0 radical (unpaired) electrons. The number of nitrogens with one attached hydrogen (secondary N) is 1. The maximum Gasteiger partial charge on any atom is 0.258 e. The first-order valence-corrected chi connectivity index (χ1v) is 7.88. The topological polar surface area (TPSA) is 65.4 Å². The molecule has 0 aliphatic carbocycles. The van der Waals surface area contributed by atoms with Crippen molar-refractivity contribution in [1.82, 2.24) is 14.9 Å². The van der Waals surface area contributed by atoms with E-state index in [0.29, 0.717) is 13.0 Å². The number of ether oxygens (including phenoxy) is 2. The molecule has 128 valence electrons. The Labute approximate surface area is 139 Å². The number of rotatable bonds is 5. The number of hydrogen-bond acceptors (Lipinski definition) is 4. The fraction of sp³-hybridized carbons (Fsp3) is 0.412. The lowest BCUT2D eigenvalue weighted by Gasteiger charge is -2.30. The number of halogens is 1. The minimum atomic E-state index is -0.479. The first-order valence-electron chi connectivity index (χ1n) is 7.88. The Kier molecular flexibility index (Phi) is 5.10. The lowest BCUT2D eigenvalue weighted by molar-refractivity contribution is -0.125. The van der Waals surface area contributed by atoms with Crippen LogP contribution in [0.2, 0.25) is 0 Å². The minimum absolute atomic E-state index is 0.00429. The van der Waals surface area contributed by atoms with E-state index in [9.17, 15) is 9.18 Å². The summed E-state index contributed by atoms with van der Waals surface area (Å²) >= 11 is 0. The molecule has 1 aliphatic heterocycles. The molecule has 1 aliphatic rings. The molecule has 2 aromatic rings. The summed E-state index contributed by atoms with van der Waals surface area (Å²) in [6.07, 6.45) is 4.81. The van der Waals surface area contributed by atoms with Crippen LogP contribution in [0.1, 0.15) is 24.6 Å². The largest absolute Gasteiger partial charge is 0.481 e. The maximum absolute atomic E-state index is 13.5. The molecule has 0 spiro atoms. The Morgan fingerprint density at radius 2 is 2.33 bits per heavy atom. The van der Waals surface area contributed by atoms with Gasteiger partial charge in [-0.15, -0.1) is 0 Å². The first-order chi connectivity index (χ1) is 11.6. The van der Waals surface area contributed by atoms with Crippen LogP contribution in [0.25, 0.3) is 0 Å². The summed E-state index contributed by atoms with van der Waals surface area (Å²) in [5.41, 5.74) is 0.983. The van der Waals surface area contributed by atoms with Gasteiger partial charge in [0.2, 0.25) is 0 Å². The molecule has 6 nitrogen and oxygen atoms in total. The highest BCUT2D eigenvalue weighted by molar-refractivity contribution is 5.77. The van der Waals surface area contributed by atoms with Crippen molar-refractivity contribution in [3.05, 3.63) is 48.3 Å². The van der Waals surface area contributed by atoms with Crippen molar-refractivity contribution in [2.45, 2.75) is 25.0 Å².